The fourth-order valence-electron chi connectivity index (χ4n) is 3.64. The van der Waals surface area contributed by atoms with E-state index in [1.165, 1.54) is 5.69 Å². The van der Waals surface area contributed by atoms with Gasteiger partial charge in [-0.1, -0.05) is 36.2 Å². The van der Waals surface area contributed by atoms with Crippen LogP contribution in [0.5, 0.6) is 0 Å². The van der Waals surface area contributed by atoms with Gasteiger partial charge in [0.1, 0.15) is 5.82 Å². The smallest absolute Gasteiger partial charge is 0.146 e. The number of nitrogens with two attached hydrogens (primary N) is 1. The van der Waals surface area contributed by atoms with Crippen LogP contribution in [0.3, 0.4) is 0 Å². The van der Waals surface area contributed by atoms with Gasteiger partial charge in [0.15, 0.2) is 0 Å². The van der Waals surface area contributed by atoms with E-state index in [0.717, 1.165) is 49.4 Å². The Labute approximate surface area is 163 Å². The predicted octanol–water partition coefficient (Wildman–Crippen LogP) is 4.87. The molecule has 1 aromatic carbocycles. The number of imidazole rings is 1. The largest absolute Gasteiger partial charge is 0.370 e. The number of aromatic nitrogens is 2. The van der Waals surface area contributed by atoms with E-state index >= 15 is 0 Å². The van der Waals surface area contributed by atoms with Gasteiger partial charge in [0.25, 0.3) is 0 Å². The first-order chi connectivity index (χ1) is 12.5. The summed E-state index contributed by atoms with van der Waals surface area (Å²) in [6.07, 6.45) is 6.14. The summed E-state index contributed by atoms with van der Waals surface area (Å²) in [5, 5.41) is 1.07. The summed E-state index contributed by atoms with van der Waals surface area (Å²) in [5.41, 5.74) is 9.32. The average Bonchev–Trinajstić information content (AvgIpc) is 3.09. The molecule has 1 aliphatic heterocycles. The molecule has 0 radical (unpaired) electrons. The summed E-state index contributed by atoms with van der Waals surface area (Å²) >= 11 is 12.6. The molecule has 6 heteroatoms. The van der Waals surface area contributed by atoms with E-state index in [1.54, 1.807) is 6.07 Å². The van der Waals surface area contributed by atoms with Crippen molar-refractivity contribution in [2.45, 2.75) is 19.8 Å². The van der Waals surface area contributed by atoms with Crippen molar-refractivity contribution in [2.24, 2.45) is 11.1 Å². The number of hydrogen-bond donors (Lipinski definition) is 1. The van der Waals surface area contributed by atoms with Crippen molar-refractivity contribution in [3.63, 3.8) is 0 Å². The molecule has 1 aliphatic rings. The van der Waals surface area contributed by atoms with Crippen molar-refractivity contribution in [2.75, 3.05) is 24.5 Å². The standard InChI is InChI=1S/C20H22Cl2N4/c1-20(13-23)7-10-25(11-8-20)16-6-3-9-26-17(16)12-24-19(26)14-4-2-5-15(21)18(14)22/h2-6,9,12H,7-8,10-11,13,23H2,1H3. The van der Waals surface area contributed by atoms with Crippen molar-refractivity contribution >= 4 is 34.4 Å². The average molecular weight is 389 g/mol. The highest BCUT2D eigenvalue weighted by molar-refractivity contribution is 6.43. The number of halogens is 2. The second-order valence-electron chi connectivity index (χ2n) is 7.33. The van der Waals surface area contributed by atoms with Gasteiger partial charge in [0.2, 0.25) is 0 Å². The molecular formula is C20H22Cl2N4. The number of benzene rings is 1. The number of anilines is 1. The zero-order valence-electron chi connectivity index (χ0n) is 14.8. The molecule has 3 aromatic rings. The van der Waals surface area contributed by atoms with Gasteiger partial charge in [-0.2, -0.15) is 0 Å². The minimum atomic E-state index is 0.251. The summed E-state index contributed by atoms with van der Waals surface area (Å²) in [7, 11) is 0. The first-order valence-corrected chi connectivity index (χ1v) is 9.63. The van der Waals surface area contributed by atoms with E-state index in [0.29, 0.717) is 10.0 Å². The van der Waals surface area contributed by atoms with Gasteiger partial charge in [-0.25, -0.2) is 4.98 Å². The molecule has 0 amide bonds. The number of piperidine rings is 1. The molecule has 1 fully saturated rings. The van der Waals surface area contributed by atoms with Crippen molar-refractivity contribution in [3.8, 4) is 11.4 Å². The van der Waals surface area contributed by atoms with Crippen LogP contribution in [0.15, 0.2) is 42.7 Å². The van der Waals surface area contributed by atoms with Gasteiger partial charge >= 0.3 is 0 Å². The Balaban J connectivity index is 1.74. The lowest BCUT2D eigenvalue weighted by atomic mass is 9.80. The molecule has 4 rings (SSSR count). The number of pyridine rings is 1. The summed E-state index contributed by atoms with van der Waals surface area (Å²) in [6.45, 7) is 5.04. The van der Waals surface area contributed by atoms with Crippen molar-refractivity contribution in [1.29, 1.82) is 0 Å². The van der Waals surface area contributed by atoms with Gasteiger partial charge in [0, 0.05) is 24.8 Å². The normalized spacial score (nSPS) is 17.0. The van der Waals surface area contributed by atoms with Crippen LogP contribution in [0.2, 0.25) is 10.0 Å². The van der Waals surface area contributed by atoms with Crippen LogP contribution < -0.4 is 10.6 Å². The first kappa shape index (κ1) is 17.7. The van der Waals surface area contributed by atoms with Gasteiger partial charge in [-0.05, 0) is 49.1 Å². The first-order valence-electron chi connectivity index (χ1n) is 8.88. The van der Waals surface area contributed by atoms with Gasteiger partial charge in [-0.3, -0.25) is 4.40 Å². The maximum absolute atomic E-state index is 6.41. The van der Waals surface area contributed by atoms with Crippen LogP contribution in [0.25, 0.3) is 16.9 Å². The fourth-order valence-corrected chi connectivity index (χ4v) is 4.03. The molecule has 26 heavy (non-hydrogen) atoms. The van der Waals surface area contributed by atoms with Crippen LogP contribution >= 0.6 is 23.2 Å². The Morgan fingerprint density at radius 2 is 1.92 bits per heavy atom. The van der Waals surface area contributed by atoms with Crippen LogP contribution in [0.1, 0.15) is 19.8 Å². The van der Waals surface area contributed by atoms with Crippen molar-refractivity contribution < 1.29 is 0 Å². The monoisotopic (exact) mass is 388 g/mol. The topological polar surface area (TPSA) is 46.6 Å². The highest BCUT2D eigenvalue weighted by Gasteiger charge is 2.29. The van der Waals surface area contributed by atoms with Gasteiger partial charge in [-0.15, -0.1) is 0 Å². The molecule has 0 saturated carbocycles. The van der Waals surface area contributed by atoms with E-state index in [2.05, 4.69) is 33.3 Å². The van der Waals surface area contributed by atoms with E-state index in [9.17, 15) is 0 Å². The minimum Gasteiger partial charge on any atom is -0.370 e. The number of nitrogens with zero attached hydrogens (tertiary/aromatic N) is 3. The molecule has 0 spiro atoms. The Hall–Kier alpha value is -1.75. The minimum absolute atomic E-state index is 0.251. The molecule has 3 heterocycles. The second kappa shape index (κ2) is 6.76. The lowest BCUT2D eigenvalue weighted by molar-refractivity contribution is 0.258. The van der Waals surface area contributed by atoms with Crippen LogP contribution in [-0.2, 0) is 0 Å². The maximum Gasteiger partial charge on any atom is 0.146 e. The molecule has 1 saturated heterocycles. The molecule has 0 aliphatic carbocycles. The van der Waals surface area contributed by atoms with E-state index in [4.69, 9.17) is 28.9 Å². The molecule has 0 atom stereocenters. The van der Waals surface area contributed by atoms with E-state index < -0.39 is 0 Å². The number of hydrogen-bond acceptors (Lipinski definition) is 3. The highest BCUT2D eigenvalue weighted by Crippen LogP contribution is 2.36. The van der Waals surface area contributed by atoms with Crippen molar-refractivity contribution in [3.05, 3.63) is 52.8 Å². The molecule has 136 valence electrons. The Morgan fingerprint density at radius 3 is 2.65 bits per heavy atom. The van der Waals surface area contributed by atoms with Gasteiger partial charge < -0.3 is 10.6 Å². The zero-order valence-corrected chi connectivity index (χ0v) is 16.3. The SMILES string of the molecule is CC1(CN)CCN(c2cccn3c(-c4cccc(Cl)c4Cl)ncc23)CC1. The quantitative estimate of drug-likeness (QED) is 0.695. The summed E-state index contributed by atoms with van der Waals surface area (Å²) in [4.78, 5) is 7.07. The molecule has 0 bridgehead atoms. The van der Waals surface area contributed by atoms with E-state index in [1.807, 2.05) is 24.5 Å². The summed E-state index contributed by atoms with van der Waals surface area (Å²) in [6, 6.07) is 9.85. The lowest BCUT2D eigenvalue weighted by Gasteiger charge is -2.40. The Kier molecular flexibility index (Phi) is 4.59. The predicted molar refractivity (Wildman–Crippen MR) is 109 cm³/mol. The molecule has 0 unspecified atom stereocenters. The zero-order chi connectivity index (χ0) is 18.3. The van der Waals surface area contributed by atoms with Crippen molar-refractivity contribution in [1.82, 2.24) is 9.38 Å². The summed E-state index contributed by atoms with van der Waals surface area (Å²) < 4.78 is 2.09. The van der Waals surface area contributed by atoms with Crippen LogP contribution in [-0.4, -0.2) is 29.0 Å². The summed E-state index contributed by atoms with van der Waals surface area (Å²) in [5.74, 6) is 0.804. The fraction of sp³-hybridized carbons (Fsp3) is 0.350. The van der Waals surface area contributed by atoms with Crippen LogP contribution in [0, 0.1) is 5.41 Å². The third-order valence-corrected chi connectivity index (χ3v) is 6.36. The lowest BCUT2D eigenvalue weighted by Crippen LogP contribution is -2.42. The molecular weight excluding hydrogens is 367 g/mol. The molecule has 2 N–H and O–H groups in total. The Bertz CT molecular complexity index is 942. The third kappa shape index (κ3) is 2.96. The second-order valence-corrected chi connectivity index (χ2v) is 8.12. The highest BCUT2D eigenvalue weighted by atomic mass is 35.5. The molecule has 2 aromatic heterocycles. The maximum atomic E-state index is 6.41. The number of rotatable bonds is 3. The third-order valence-electron chi connectivity index (χ3n) is 5.55. The van der Waals surface area contributed by atoms with E-state index in [-0.39, 0.29) is 5.41 Å². The Morgan fingerprint density at radius 1 is 1.15 bits per heavy atom. The number of fused-ring (bicyclic) bond motifs is 1. The molecule has 4 nitrogen and oxygen atoms in total. The van der Waals surface area contributed by atoms with Crippen LogP contribution in [0.4, 0.5) is 5.69 Å². The van der Waals surface area contributed by atoms with Gasteiger partial charge in [0.05, 0.1) is 27.4 Å².